The Kier molecular flexibility index (Phi) is 4.92. The molecule has 27 heavy (non-hydrogen) atoms. The van der Waals surface area contributed by atoms with Crippen molar-refractivity contribution in [3.05, 3.63) is 59.9 Å². The summed E-state index contributed by atoms with van der Waals surface area (Å²) >= 11 is 0. The first kappa shape index (κ1) is 17.7. The Labute approximate surface area is 160 Å². The largest absolute Gasteiger partial charge is 0.342 e. The van der Waals surface area contributed by atoms with E-state index in [2.05, 4.69) is 11.1 Å². The molecule has 0 spiro atoms. The van der Waals surface area contributed by atoms with Gasteiger partial charge in [-0.2, -0.15) is 0 Å². The van der Waals surface area contributed by atoms with Crippen molar-refractivity contribution >= 4 is 17.5 Å². The first-order valence-electron chi connectivity index (χ1n) is 9.66. The molecule has 1 aromatic heterocycles. The lowest BCUT2D eigenvalue weighted by Gasteiger charge is -2.37. The predicted octanol–water partition coefficient (Wildman–Crippen LogP) is 3.01. The Balaban J connectivity index is 1.42. The fraction of sp³-hybridized carbons (Fsp3) is 0.409. The maximum absolute atomic E-state index is 13.2. The summed E-state index contributed by atoms with van der Waals surface area (Å²) in [7, 11) is 1.78. The molecule has 0 unspecified atom stereocenters. The molecule has 0 saturated carbocycles. The molecule has 1 saturated heterocycles. The average molecular weight is 363 g/mol. The fourth-order valence-electron chi connectivity index (χ4n) is 4.29. The number of aromatic nitrogens is 1. The van der Waals surface area contributed by atoms with E-state index in [4.69, 9.17) is 0 Å². The Hall–Kier alpha value is -2.69. The van der Waals surface area contributed by atoms with Crippen LogP contribution in [-0.2, 0) is 16.0 Å². The fourth-order valence-corrected chi connectivity index (χ4v) is 4.29. The molecule has 0 N–H and O–H groups in total. The van der Waals surface area contributed by atoms with Crippen LogP contribution < -0.4 is 4.90 Å². The zero-order chi connectivity index (χ0) is 18.8. The molecule has 1 atom stereocenters. The minimum atomic E-state index is -0.347. The normalized spacial score (nSPS) is 20.5. The monoisotopic (exact) mass is 363 g/mol. The number of piperidine rings is 1. The topological polar surface area (TPSA) is 53.5 Å². The number of anilines is 1. The summed E-state index contributed by atoms with van der Waals surface area (Å²) in [6.07, 6.45) is 7.02. The number of nitrogens with zero attached hydrogens (tertiary/aromatic N) is 3. The second-order valence-corrected chi connectivity index (χ2v) is 7.60. The van der Waals surface area contributed by atoms with Gasteiger partial charge < -0.3 is 9.80 Å². The first-order valence-corrected chi connectivity index (χ1v) is 9.66. The van der Waals surface area contributed by atoms with Crippen LogP contribution in [0.2, 0.25) is 0 Å². The Morgan fingerprint density at radius 2 is 1.93 bits per heavy atom. The van der Waals surface area contributed by atoms with Crippen LogP contribution in [0.15, 0.2) is 48.8 Å². The number of rotatable bonds is 3. The SMILES string of the molecule is CN1C(=O)C[C@@H](C(=O)N2CCC(Cc3cccnc3)CC2)c2ccccc21. The smallest absolute Gasteiger partial charge is 0.230 e. The third kappa shape index (κ3) is 3.59. The van der Waals surface area contributed by atoms with Crippen molar-refractivity contribution in [3.8, 4) is 0 Å². The molecule has 1 aromatic carbocycles. The van der Waals surface area contributed by atoms with Gasteiger partial charge in [0.15, 0.2) is 0 Å². The van der Waals surface area contributed by atoms with Crippen molar-refractivity contribution in [1.82, 2.24) is 9.88 Å². The number of carbonyl (C=O) groups excluding carboxylic acids is 2. The zero-order valence-corrected chi connectivity index (χ0v) is 15.7. The second-order valence-electron chi connectivity index (χ2n) is 7.60. The molecule has 2 amide bonds. The Morgan fingerprint density at radius 3 is 2.67 bits per heavy atom. The van der Waals surface area contributed by atoms with Gasteiger partial charge in [-0.1, -0.05) is 24.3 Å². The van der Waals surface area contributed by atoms with Crippen molar-refractivity contribution in [2.24, 2.45) is 5.92 Å². The van der Waals surface area contributed by atoms with Crippen molar-refractivity contribution in [1.29, 1.82) is 0 Å². The van der Waals surface area contributed by atoms with E-state index in [-0.39, 0.29) is 24.2 Å². The van der Waals surface area contributed by atoms with Crippen molar-refractivity contribution in [2.75, 3.05) is 25.0 Å². The van der Waals surface area contributed by atoms with E-state index in [9.17, 15) is 9.59 Å². The maximum Gasteiger partial charge on any atom is 0.230 e. The summed E-state index contributed by atoms with van der Waals surface area (Å²) in [4.78, 5) is 33.3. The highest BCUT2D eigenvalue weighted by Crippen LogP contribution is 2.37. The van der Waals surface area contributed by atoms with E-state index in [1.165, 1.54) is 5.56 Å². The number of fused-ring (bicyclic) bond motifs is 1. The van der Waals surface area contributed by atoms with Crippen molar-refractivity contribution in [2.45, 2.75) is 31.6 Å². The predicted molar refractivity (Wildman–Crippen MR) is 104 cm³/mol. The molecule has 0 aliphatic carbocycles. The molecule has 140 valence electrons. The number of pyridine rings is 1. The molecule has 2 aromatic rings. The number of hydrogen-bond donors (Lipinski definition) is 0. The van der Waals surface area contributed by atoms with Gasteiger partial charge >= 0.3 is 0 Å². The summed E-state index contributed by atoms with van der Waals surface area (Å²) in [5.41, 5.74) is 3.10. The quantitative estimate of drug-likeness (QED) is 0.842. The van der Waals surface area contributed by atoms with Crippen LogP contribution in [0.1, 0.15) is 36.3 Å². The number of amides is 2. The lowest BCUT2D eigenvalue weighted by molar-refractivity contribution is -0.136. The van der Waals surface area contributed by atoms with Crippen LogP contribution in [0.4, 0.5) is 5.69 Å². The molecule has 0 radical (unpaired) electrons. The number of carbonyl (C=O) groups is 2. The van der Waals surface area contributed by atoms with Crippen molar-refractivity contribution < 1.29 is 9.59 Å². The van der Waals surface area contributed by atoms with Crippen LogP contribution in [-0.4, -0.2) is 41.8 Å². The third-order valence-corrected chi connectivity index (χ3v) is 5.90. The zero-order valence-electron chi connectivity index (χ0n) is 15.7. The van der Waals surface area contributed by atoms with Gasteiger partial charge in [-0.15, -0.1) is 0 Å². The summed E-state index contributed by atoms with van der Waals surface area (Å²) in [6.45, 7) is 1.54. The van der Waals surface area contributed by atoms with Gasteiger partial charge in [-0.05, 0) is 48.4 Å². The van der Waals surface area contributed by atoms with E-state index < -0.39 is 0 Å². The van der Waals surface area contributed by atoms with Gasteiger partial charge in [0, 0.05) is 44.6 Å². The van der Waals surface area contributed by atoms with Crippen molar-refractivity contribution in [3.63, 3.8) is 0 Å². The number of hydrogen-bond acceptors (Lipinski definition) is 3. The van der Waals surface area contributed by atoms with Gasteiger partial charge in [-0.3, -0.25) is 14.6 Å². The molecular weight excluding hydrogens is 338 g/mol. The van der Waals surface area contributed by atoms with E-state index >= 15 is 0 Å². The highest BCUT2D eigenvalue weighted by atomic mass is 16.2. The average Bonchev–Trinajstić information content (AvgIpc) is 2.71. The third-order valence-electron chi connectivity index (χ3n) is 5.90. The highest BCUT2D eigenvalue weighted by Gasteiger charge is 2.36. The molecule has 1 fully saturated rings. The molecule has 0 bridgehead atoms. The molecular formula is C22H25N3O2. The number of likely N-dealkylation sites (tertiary alicyclic amines) is 1. The summed E-state index contributed by atoms with van der Waals surface area (Å²) in [5.74, 6) is 0.353. The van der Waals surface area contributed by atoms with Crippen LogP contribution in [0.5, 0.6) is 0 Å². The van der Waals surface area contributed by atoms with Gasteiger partial charge in [0.05, 0.1) is 5.92 Å². The second kappa shape index (κ2) is 7.51. The van der Waals surface area contributed by atoms with E-state index in [1.807, 2.05) is 41.4 Å². The molecule has 2 aliphatic heterocycles. The Morgan fingerprint density at radius 1 is 1.15 bits per heavy atom. The molecule has 3 heterocycles. The van der Waals surface area contributed by atoms with Crippen LogP contribution in [0.3, 0.4) is 0 Å². The first-order chi connectivity index (χ1) is 13.1. The number of benzene rings is 1. The Bertz CT molecular complexity index is 828. The minimum absolute atomic E-state index is 0.0125. The van der Waals surface area contributed by atoms with Crippen LogP contribution in [0.25, 0.3) is 0 Å². The van der Waals surface area contributed by atoms with Crippen LogP contribution in [0, 0.1) is 5.92 Å². The van der Waals surface area contributed by atoms with Gasteiger partial charge in [-0.25, -0.2) is 0 Å². The van der Waals surface area contributed by atoms with E-state index in [0.717, 1.165) is 43.6 Å². The molecule has 2 aliphatic rings. The lowest BCUT2D eigenvalue weighted by Crippen LogP contribution is -2.44. The highest BCUT2D eigenvalue weighted by molar-refractivity contribution is 6.02. The van der Waals surface area contributed by atoms with E-state index in [1.54, 1.807) is 18.1 Å². The van der Waals surface area contributed by atoms with Gasteiger partial charge in [0.1, 0.15) is 0 Å². The molecule has 5 heteroatoms. The summed E-state index contributed by atoms with van der Waals surface area (Å²) in [5, 5.41) is 0. The lowest BCUT2D eigenvalue weighted by atomic mass is 9.86. The van der Waals surface area contributed by atoms with Crippen LogP contribution >= 0.6 is 0 Å². The molecule has 5 nitrogen and oxygen atoms in total. The van der Waals surface area contributed by atoms with Gasteiger partial charge in [0.2, 0.25) is 11.8 Å². The summed E-state index contributed by atoms with van der Waals surface area (Å²) in [6, 6.07) is 11.9. The summed E-state index contributed by atoms with van der Waals surface area (Å²) < 4.78 is 0. The standard InChI is InChI=1S/C22H25N3O2/c1-24-20-7-3-2-6-18(20)19(14-21(24)26)22(27)25-11-8-16(9-12-25)13-17-5-4-10-23-15-17/h2-7,10,15-16,19H,8-9,11-14H2,1H3/t19-/m1/s1. The van der Waals surface area contributed by atoms with E-state index in [0.29, 0.717) is 5.92 Å². The van der Waals surface area contributed by atoms with Gasteiger partial charge in [0.25, 0.3) is 0 Å². The number of para-hydroxylation sites is 1. The minimum Gasteiger partial charge on any atom is -0.342 e. The molecule has 4 rings (SSSR count). The maximum atomic E-state index is 13.2.